The minimum absolute atomic E-state index is 0.0176. The molecule has 0 N–H and O–H groups in total. The van der Waals surface area contributed by atoms with Crippen molar-refractivity contribution in [1.82, 2.24) is 9.55 Å². The van der Waals surface area contributed by atoms with Gasteiger partial charge in [0.15, 0.2) is 5.58 Å². The number of aromatic nitrogens is 2. The number of hydrogen-bond donors (Lipinski definition) is 0. The van der Waals surface area contributed by atoms with E-state index in [2.05, 4.69) is 4.98 Å². The normalized spacial score (nSPS) is 19.5. The maximum Gasteiger partial charge on any atom is 0.420 e. The van der Waals surface area contributed by atoms with Gasteiger partial charge in [0, 0.05) is 24.1 Å². The monoisotopic (exact) mass is 410 g/mol. The maximum absolute atomic E-state index is 13.3. The highest BCUT2D eigenvalue weighted by Gasteiger charge is 2.27. The second-order valence-electron chi connectivity index (χ2n) is 8.65. The molecule has 0 amide bonds. The summed E-state index contributed by atoms with van der Waals surface area (Å²) in [6, 6.07) is 10.5. The van der Waals surface area contributed by atoms with Crippen LogP contribution in [0.5, 0.6) is 0 Å². The summed E-state index contributed by atoms with van der Waals surface area (Å²) in [5, 5.41) is 0. The first-order valence-electron chi connectivity index (χ1n) is 10.7. The van der Waals surface area contributed by atoms with E-state index in [1.165, 1.54) is 6.07 Å². The fourth-order valence-corrected chi connectivity index (χ4v) is 4.57. The highest BCUT2D eigenvalue weighted by molar-refractivity contribution is 5.84. The van der Waals surface area contributed by atoms with Crippen LogP contribution in [0.1, 0.15) is 56.8 Å². The lowest BCUT2D eigenvalue weighted by Gasteiger charge is -2.27. The minimum atomic E-state index is -0.437. The summed E-state index contributed by atoms with van der Waals surface area (Å²) in [7, 11) is 0. The Labute approximate surface area is 174 Å². The smallest absolute Gasteiger partial charge is 0.408 e. The lowest BCUT2D eigenvalue weighted by atomic mass is 9.77. The Kier molecular flexibility index (Phi) is 5.84. The molecule has 4 rings (SSSR count). The first-order chi connectivity index (χ1) is 14.4. The molecule has 0 spiro atoms. The van der Waals surface area contributed by atoms with Gasteiger partial charge >= 0.3 is 5.76 Å². The molecule has 2 heterocycles. The van der Waals surface area contributed by atoms with Gasteiger partial charge < -0.3 is 4.42 Å². The molecular weight excluding hydrogens is 383 g/mol. The third-order valence-electron chi connectivity index (χ3n) is 6.15. The molecule has 0 radical (unpaired) electrons. The summed E-state index contributed by atoms with van der Waals surface area (Å²) < 4.78 is 20.3. The summed E-state index contributed by atoms with van der Waals surface area (Å²) in [4.78, 5) is 28.8. The van der Waals surface area contributed by atoms with E-state index in [1.54, 1.807) is 10.6 Å². The molecule has 1 aliphatic carbocycles. The van der Waals surface area contributed by atoms with Gasteiger partial charge in [0.25, 0.3) is 0 Å². The summed E-state index contributed by atoms with van der Waals surface area (Å²) >= 11 is 0. The highest BCUT2D eigenvalue weighted by Crippen LogP contribution is 2.32. The van der Waals surface area contributed by atoms with Crippen LogP contribution in [0, 0.1) is 17.8 Å². The number of fused-ring (bicyclic) bond motifs is 1. The number of carbonyl (C=O) groups is 1. The molecule has 1 aliphatic rings. The number of rotatable bonds is 6. The Balaban J connectivity index is 1.36. The van der Waals surface area contributed by atoms with Crippen molar-refractivity contribution < 1.29 is 13.6 Å². The first kappa shape index (κ1) is 20.5. The largest absolute Gasteiger partial charge is 0.420 e. The van der Waals surface area contributed by atoms with Crippen molar-refractivity contribution in [3.63, 3.8) is 0 Å². The van der Waals surface area contributed by atoms with Crippen LogP contribution in [-0.4, -0.2) is 15.3 Å². The van der Waals surface area contributed by atoms with Crippen molar-refractivity contribution in [2.75, 3.05) is 0 Å². The number of oxazole rings is 1. The summed E-state index contributed by atoms with van der Waals surface area (Å²) in [5.74, 6) is -0.0562. The Hall–Kier alpha value is -2.76. The van der Waals surface area contributed by atoms with Crippen molar-refractivity contribution >= 4 is 16.9 Å². The van der Waals surface area contributed by atoms with E-state index in [0.717, 1.165) is 48.9 Å². The van der Waals surface area contributed by atoms with Crippen LogP contribution in [0.25, 0.3) is 11.1 Å². The highest BCUT2D eigenvalue weighted by atomic mass is 19.1. The quantitative estimate of drug-likeness (QED) is 0.544. The summed E-state index contributed by atoms with van der Waals surface area (Å²) in [6.45, 7) is 3.88. The third kappa shape index (κ3) is 4.37. The van der Waals surface area contributed by atoms with Gasteiger partial charge in [0.05, 0.1) is 5.52 Å². The SMILES string of the molecule is CC(C)n1c(=O)oc2cc(CC(=O)C3CCC(Cc4cccc(F)n4)CC3)ccc21. The van der Waals surface area contributed by atoms with Gasteiger partial charge in [0.1, 0.15) is 5.78 Å². The van der Waals surface area contributed by atoms with Crippen LogP contribution in [0.3, 0.4) is 0 Å². The summed E-state index contributed by atoms with van der Waals surface area (Å²) in [6.07, 6.45) is 4.76. The maximum atomic E-state index is 13.3. The molecule has 0 saturated heterocycles. The van der Waals surface area contributed by atoms with Crippen LogP contribution in [0.15, 0.2) is 45.6 Å². The van der Waals surface area contributed by atoms with E-state index in [4.69, 9.17) is 4.42 Å². The van der Waals surface area contributed by atoms with E-state index in [0.29, 0.717) is 17.9 Å². The number of benzene rings is 1. The molecule has 5 nitrogen and oxygen atoms in total. The molecule has 0 aliphatic heterocycles. The zero-order chi connectivity index (χ0) is 21.3. The van der Waals surface area contributed by atoms with Crippen molar-refractivity contribution in [3.8, 4) is 0 Å². The van der Waals surface area contributed by atoms with Gasteiger partial charge in [-0.3, -0.25) is 9.36 Å². The van der Waals surface area contributed by atoms with Crippen molar-refractivity contribution in [2.24, 2.45) is 11.8 Å². The summed E-state index contributed by atoms with van der Waals surface area (Å²) in [5.41, 5.74) is 2.96. The molecule has 1 saturated carbocycles. The number of pyridine rings is 1. The van der Waals surface area contributed by atoms with Crippen LogP contribution in [0.2, 0.25) is 0 Å². The third-order valence-corrected chi connectivity index (χ3v) is 6.15. The van der Waals surface area contributed by atoms with Gasteiger partial charge in [-0.1, -0.05) is 12.1 Å². The van der Waals surface area contributed by atoms with Gasteiger partial charge in [0.2, 0.25) is 5.95 Å². The number of carbonyl (C=O) groups excluding carboxylic acids is 1. The lowest BCUT2D eigenvalue weighted by Crippen LogP contribution is -2.24. The molecule has 0 atom stereocenters. The van der Waals surface area contributed by atoms with Crippen molar-refractivity contribution in [3.05, 3.63) is 64.2 Å². The van der Waals surface area contributed by atoms with E-state index in [9.17, 15) is 14.0 Å². The fourth-order valence-electron chi connectivity index (χ4n) is 4.57. The molecule has 2 aromatic heterocycles. The van der Waals surface area contributed by atoms with E-state index < -0.39 is 5.95 Å². The standard InChI is InChI=1S/C24H27FN2O3/c1-15(2)27-20-11-8-17(14-22(20)30-24(27)29)13-21(28)18-9-6-16(7-10-18)12-19-4-3-5-23(25)26-19/h3-5,8,11,14-16,18H,6-7,9-10,12-13H2,1-2H3. The Morgan fingerprint density at radius 3 is 2.67 bits per heavy atom. The molecule has 1 fully saturated rings. The molecule has 0 unspecified atom stereocenters. The molecule has 158 valence electrons. The molecule has 0 bridgehead atoms. The lowest BCUT2D eigenvalue weighted by molar-refractivity contribution is -0.123. The molecular formula is C24H27FN2O3. The van der Waals surface area contributed by atoms with E-state index in [-0.39, 0.29) is 23.5 Å². The second kappa shape index (κ2) is 8.54. The molecule has 30 heavy (non-hydrogen) atoms. The van der Waals surface area contributed by atoms with Crippen LogP contribution in [0.4, 0.5) is 4.39 Å². The van der Waals surface area contributed by atoms with Crippen LogP contribution >= 0.6 is 0 Å². The van der Waals surface area contributed by atoms with Crippen molar-refractivity contribution in [1.29, 1.82) is 0 Å². The van der Waals surface area contributed by atoms with Gasteiger partial charge in [-0.05, 0) is 81.7 Å². The Morgan fingerprint density at radius 2 is 1.97 bits per heavy atom. The van der Waals surface area contributed by atoms with Gasteiger partial charge in [-0.2, -0.15) is 4.39 Å². The number of halogens is 1. The van der Waals surface area contributed by atoms with Gasteiger partial charge in [-0.15, -0.1) is 0 Å². The van der Waals surface area contributed by atoms with Crippen LogP contribution in [-0.2, 0) is 17.6 Å². The molecule has 3 aromatic rings. The fraction of sp³-hybridized carbons (Fsp3) is 0.458. The number of ketones is 1. The Morgan fingerprint density at radius 1 is 1.20 bits per heavy atom. The van der Waals surface area contributed by atoms with Gasteiger partial charge in [-0.25, -0.2) is 9.78 Å². The zero-order valence-electron chi connectivity index (χ0n) is 17.4. The average Bonchev–Trinajstić information content (AvgIpc) is 3.03. The predicted molar refractivity (Wildman–Crippen MR) is 113 cm³/mol. The van der Waals surface area contributed by atoms with Crippen molar-refractivity contribution in [2.45, 2.75) is 58.4 Å². The van der Waals surface area contributed by atoms with Crippen LogP contribution < -0.4 is 5.76 Å². The topological polar surface area (TPSA) is 65.1 Å². The first-order valence-corrected chi connectivity index (χ1v) is 10.7. The number of Topliss-reactive ketones (excluding diaryl/α,β-unsaturated/α-hetero) is 1. The molecule has 6 heteroatoms. The molecule has 1 aromatic carbocycles. The Bertz CT molecular complexity index is 1110. The number of hydrogen-bond acceptors (Lipinski definition) is 4. The number of nitrogens with zero attached hydrogens (tertiary/aromatic N) is 2. The second-order valence-corrected chi connectivity index (χ2v) is 8.65. The minimum Gasteiger partial charge on any atom is -0.408 e. The average molecular weight is 410 g/mol. The van der Waals surface area contributed by atoms with E-state index >= 15 is 0 Å². The zero-order valence-corrected chi connectivity index (χ0v) is 17.4. The predicted octanol–water partition coefficient (Wildman–Crippen LogP) is 4.87. The van der Waals surface area contributed by atoms with E-state index in [1.807, 2.05) is 38.1 Å².